The molecule has 1 heterocycles. The van der Waals surface area contributed by atoms with Gasteiger partial charge in [-0.15, -0.1) is 0 Å². The predicted molar refractivity (Wildman–Crippen MR) is 123 cm³/mol. The van der Waals surface area contributed by atoms with E-state index in [2.05, 4.69) is 77.6 Å². The number of anilines is 1. The summed E-state index contributed by atoms with van der Waals surface area (Å²) in [4.78, 5) is 13.3. The third-order valence-corrected chi connectivity index (χ3v) is 5.42. The number of benzene rings is 1. The Labute approximate surface area is 174 Å². The largest absolute Gasteiger partial charge is 0.385 e. The van der Waals surface area contributed by atoms with Crippen molar-refractivity contribution in [2.24, 2.45) is 0 Å². The second-order valence-corrected chi connectivity index (χ2v) is 8.59. The lowest BCUT2D eigenvalue weighted by molar-refractivity contribution is -0.469. The number of nitrogens with zero attached hydrogens (tertiary/aromatic N) is 2. The van der Waals surface area contributed by atoms with E-state index in [4.69, 9.17) is 0 Å². The highest BCUT2D eigenvalue weighted by Gasteiger charge is 2.13. The minimum atomic E-state index is 0.203. The predicted octanol–water partition coefficient (Wildman–Crippen LogP) is 4.49. The molecular formula is C23H34N3OS+. The zero-order valence-corrected chi connectivity index (χ0v) is 18.3. The Morgan fingerprint density at radius 3 is 2.68 bits per heavy atom. The van der Waals surface area contributed by atoms with Gasteiger partial charge in [0, 0.05) is 43.8 Å². The van der Waals surface area contributed by atoms with Gasteiger partial charge in [-0.3, -0.25) is 4.79 Å². The highest BCUT2D eigenvalue weighted by atomic mass is 32.2. The van der Waals surface area contributed by atoms with Crippen LogP contribution in [0.15, 0.2) is 42.1 Å². The number of nitrogens with one attached hydrogen (secondary N) is 1. The van der Waals surface area contributed by atoms with Crippen molar-refractivity contribution in [2.75, 3.05) is 44.8 Å². The number of allylic oxidation sites excluding steroid dienone is 2. The van der Waals surface area contributed by atoms with Gasteiger partial charge in [-0.1, -0.05) is 23.9 Å². The molecule has 0 radical (unpaired) electrons. The van der Waals surface area contributed by atoms with Crippen LogP contribution in [0.25, 0.3) is 6.08 Å². The van der Waals surface area contributed by atoms with Crippen LogP contribution in [0.3, 0.4) is 0 Å². The van der Waals surface area contributed by atoms with Gasteiger partial charge in [-0.05, 0) is 63.3 Å². The smallest absolute Gasteiger partial charge is 0.200 e. The van der Waals surface area contributed by atoms with Crippen LogP contribution in [0, 0.1) is 0 Å². The first-order valence-corrected chi connectivity index (χ1v) is 11.1. The zero-order chi connectivity index (χ0) is 20.2. The van der Waals surface area contributed by atoms with Crippen LogP contribution < -0.4 is 5.32 Å². The summed E-state index contributed by atoms with van der Waals surface area (Å²) in [5.74, 6) is 0.889. The maximum atomic E-state index is 11.1. The van der Waals surface area contributed by atoms with E-state index in [0.29, 0.717) is 0 Å². The van der Waals surface area contributed by atoms with Crippen molar-refractivity contribution in [3.63, 3.8) is 0 Å². The molecule has 1 aromatic rings. The molecule has 4 nitrogen and oxygen atoms in total. The molecule has 0 bridgehead atoms. The summed E-state index contributed by atoms with van der Waals surface area (Å²) in [6, 6.07) is 8.61. The second kappa shape index (κ2) is 12.6. The van der Waals surface area contributed by atoms with Crippen molar-refractivity contribution in [3.05, 3.63) is 47.7 Å². The van der Waals surface area contributed by atoms with Crippen LogP contribution in [-0.2, 0) is 4.79 Å². The topological polar surface area (TPSA) is 35.4 Å². The molecule has 0 aromatic heterocycles. The van der Waals surface area contributed by atoms with E-state index in [1.54, 1.807) is 6.92 Å². The number of hydrogen-bond donors (Lipinski definition) is 1. The summed E-state index contributed by atoms with van der Waals surface area (Å²) in [6.45, 7) is 4.69. The summed E-state index contributed by atoms with van der Waals surface area (Å²) in [5.41, 5.74) is 3.63. The Balaban J connectivity index is 1.83. The summed E-state index contributed by atoms with van der Waals surface area (Å²) >= 11 is 1.42. The van der Waals surface area contributed by atoms with Crippen LogP contribution in [-0.4, -0.2) is 60.3 Å². The molecule has 28 heavy (non-hydrogen) atoms. The maximum absolute atomic E-state index is 11.1. The third kappa shape index (κ3) is 8.89. The van der Waals surface area contributed by atoms with Crippen molar-refractivity contribution < 1.29 is 9.37 Å². The monoisotopic (exact) mass is 400 g/mol. The number of rotatable bonds is 11. The highest BCUT2D eigenvalue weighted by molar-refractivity contribution is 8.13. The van der Waals surface area contributed by atoms with E-state index in [0.717, 1.165) is 51.1 Å². The summed E-state index contributed by atoms with van der Waals surface area (Å²) in [6.07, 6.45) is 13.3. The molecular weight excluding hydrogens is 366 g/mol. The summed E-state index contributed by atoms with van der Waals surface area (Å²) < 4.78 is 2.32. The quantitative estimate of drug-likeness (QED) is 0.438. The van der Waals surface area contributed by atoms with Gasteiger partial charge in [0.05, 0.1) is 0 Å². The normalized spacial score (nSPS) is 14.3. The number of carbonyl (C=O) groups excluding carboxylic acids is 1. The van der Waals surface area contributed by atoms with Crippen molar-refractivity contribution in [3.8, 4) is 0 Å². The van der Waals surface area contributed by atoms with E-state index in [9.17, 15) is 4.79 Å². The molecule has 1 aromatic carbocycles. The molecule has 0 atom stereocenters. The second-order valence-electron chi connectivity index (χ2n) is 7.31. The Kier molecular flexibility index (Phi) is 10.1. The highest BCUT2D eigenvalue weighted by Crippen LogP contribution is 2.15. The molecule has 1 N–H and O–H groups in total. The van der Waals surface area contributed by atoms with E-state index in [1.165, 1.54) is 28.7 Å². The van der Waals surface area contributed by atoms with Crippen molar-refractivity contribution >= 4 is 34.9 Å². The molecule has 0 saturated carbocycles. The molecule has 0 unspecified atom stereocenters. The van der Waals surface area contributed by atoms with Gasteiger partial charge in [0.2, 0.25) is 5.70 Å². The fraction of sp³-hybridized carbons (Fsp3) is 0.478. The van der Waals surface area contributed by atoms with E-state index >= 15 is 0 Å². The van der Waals surface area contributed by atoms with Crippen LogP contribution in [0.4, 0.5) is 5.69 Å². The standard InChI is InChI=1S/C23H34N3OS/c1-20(27)28-19-7-18-26-17-5-4-8-23(26)14-11-21-9-12-22(13-10-21)24-15-6-16-25(2)3/h8-14,17,24H,4-7,15-16,18-19H2,1-3H3/q+1/b14-11+. The Morgan fingerprint density at radius 1 is 1.18 bits per heavy atom. The van der Waals surface area contributed by atoms with Gasteiger partial charge in [0.15, 0.2) is 5.12 Å². The number of thioether (sulfide) groups is 1. The molecule has 0 amide bonds. The van der Waals surface area contributed by atoms with Gasteiger partial charge in [0.25, 0.3) is 0 Å². The molecule has 2 rings (SSSR count). The number of carbonyl (C=O) groups is 1. The lowest BCUT2D eigenvalue weighted by atomic mass is 10.1. The van der Waals surface area contributed by atoms with E-state index in [-0.39, 0.29) is 5.12 Å². The molecule has 5 heteroatoms. The SMILES string of the molecule is CC(=O)SCCC[N+]1=CCCC=C1/C=C/c1ccc(NCCCN(C)C)cc1. The molecule has 1 aliphatic heterocycles. The fourth-order valence-electron chi connectivity index (χ4n) is 3.04. The van der Waals surface area contributed by atoms with Crippen LogP contribution in [0.5, 0.6) is 0 Å². The Hall–Kier alpha value is -1.85. The van der Waals surface area contributed by atoms with Crippen LogP contribution in [0.1, 0.15) is 38.2 Å². The first-order valence-electron chi connectivity index (χ1n) is 10.1. The Morgan fingerprint density at radius 2 is 1.96 bits per heavy atom. The Bertz CT molecular complexity index is 705. The average Bonchev–Trinajstić information content (AvgIpc) is 2.68. The van der Waals surface area contributed by atoms with Crippen molar-refractivity contribution in [1.29, 1.82) is 0 Å². The van der Waals surface area contributed by atoms with Crippen LogP contribution >= 0.6 is 11.8 Å². The van der Waals surface area contributed by atoms with E-state index < -0.39 is 0 Å². The average molecular weight is 401 g/mol. The van der Waals surface area contributed by atoms with Crippen molar-refractivity contribution in [2.45, 2.75) is 32.6 Å². The van der Waals surface area contributed by atoms with Crippen molar-refractivity contribution in [1.82, 2.24) is 4.90 Å². The third-order valence-electron chi connectivity index (χ3n) is 4.52. The molecule has 1 aliphatic rings. The molecule has 0 fully saturated rings. The lowest BCUT2D eigenvalue weighted by Crippen LogP contribution is -2.17. The minimum absolute atomic E-state index is 0.203. The fourth-order valence-corrected chi connectivity index (χ4v) is 3.60. The number of hydrogen-bond acceptors (Lipinski definition) is 4. The molecule has 0 aliphatic carbocycles. The van der Waals surface area contributed by atoms with E-state index in [1.807, 2.05) is 0 Å². The first-order chi connectivity index (χ1) is 13.5. The lowest BCUT2D eigenvalue weighted by Gasteiger charge is -2.10. The van der Waals surface area contributed by atoms with Gasteiger partial charge >= 0.3 is 0 Å². The maximum Gasteiger partial charge on any atom is 0.200 e. The molecule has 0 saturated heterocycles. The summed E-state index contributed by atoms with van der Waals surface area (Å²) in [5, 5.41) is 3.68. The minimum Gasteiger partial charge on any atom is -0.385 e. The molecule has 152 valence electrons. The van der Waals surface area contributed by atoms with Crippen LogP contribution in [0.2, 0.25) is 0 Å². The van der Waals surface area contributed by atoms with Gasteiger partial charge in [-0.2, -0.15) is 0 Å². The molecule has 0 spiro atoms. The zero-order valence-electron chi connectivity index (χ0n) is 17.5. The first kappa shape index (κ1) is 22.4. The van der Waals surface area contributed by atoms with Gasteiger partial charge in [-0.25, -0.2) is 4.58 Å². The van der Waals surface area contributed by atoms with Gasteiger partial charge in [0.1, 0.15) is 12.8 Å². The summed E-state index contributed by atoms with van der Waals surface area (Å²) in [7, 11) is 4.21. The van der Waals surface area contributed by atoms with Gasteiger partial charge < -0.3 is 10.2 Å².